The van der Waals surface area contributed by atoms with E-state index < -0.39 is 16.0 Å². The smallest absolute Gasteiger partial charge is 0.337 e. The summed E-state index contributed by atoms with van der Waals surface area (Å²) in [6.45, 7) is 2.36. The van der Waals surface area contributed by atoms with Crippen LogP contribution in [0.1, 0.15) is 17.3 Å². The molecule has 112 valence electrons. The van der Waals surface area contributed by atoms with Gasteiger partial charge in [0.15, 0.2) is 0 Å². The normalized spacial score (nSPS) is 13.1. The maximum absolute atomic E-state index is 12.1. The first-order valence-electron chi connectivity index (χ1n) is 5.89. The molecule has 0 heterocycles. The highest BCUT2D eigenvalue weighted by Gasteiger charge is 2.22. The highest BCUT2D eigenvalue weighted by Crippen LogP contribution is 2.19. The van der Waals surface area contributed by atoms with Crippen LogP contribution in [0.25, 0.3) is 0 Å². The summed E-state index contributed by atoms with van der Waals surface area (Å²) in [4.78, 5) is 10.8. The lowest BCUT2D eigenvalue weighted by molar-refractivity contribution is 0.0692. The van der Waals surface area contributed by atoms with Crippen molar-refractivity contribution in [2.24, 2.45) is 5.92 Å². The van der Waals surface area contributed by atoms with E-state index in [1.165, 1.54) is 19.2 Å². The number of ether oxygens (including phenoxy) is 1. The van der Waals surface area contributed by atoms with Crippen molar-refractivity contribution < 1.29 is 23.1 Å². The van der Waals surface area contributed by atoms with Gasteiger partial charge in [-0.2, -0.15) is 0 Å². The van der Waals surface area contributed by atoms with Crippen LogP contribution in [0.3, 0.4) is 0 Å². The van der Waals surface area contributed by atoms with E-state index in [9.17, 15) is 13.2 Å². The molecule has 1 aromatic carbocycles. The molecule has 0 saturated carbocycles. The van der Waals surface area contributed by atoms with E-state index in [0.717, 1.165) is 6.07 Å². The molecule has 0 aliphatic heterocycles. The minimum Gasteiger partial charge on any atom is -0.478 e. The molecular weight excluding hydrogens is 284 g/mol. The van der Waals surface area contributed by atoms with Crippen molar-refractivity contribution in [3.05, 3.63) is 23.8 Å². The Kier molecular flexibility index (Phi) is 5.49. The molecule has 1 atom stereocenters. The lowest BCUT2D eigenvalue weighted by Crippen LogP contribution is -2.31. The quantitative estimate of drug-likeness (QED) is 0.632. The number of sulfonamides is 1. The molecule has 0 amide bonds. The van der Waals surface area contributed by atoms with Crippen molar-refractivity contribution in [1.29, 1.82) is 0 Å². The van der Waals surface area contributed by atoms with Gasteiger partial charge in [-0.3, -0.25) is 0 Å². The Bertz CT molecular complexity index is 586. The molecule has 20 heavy (non-hydrogen) atoms. The predicted molar refractivity (Wildman–Crippen MR) is 74.0 cm³/mol. The van der Waals surface area contributed by atoms with Crippen LogP contribution in [0.5, 0.6) is 0 Å². The highest BCUT2D eigenvalue weighted by molar-refractivity contribution is 7.89. The monoisotopic (exact) mass is 302 g/mol. The number of rotatable bonds is 7. The highest BCUT2D eigenvalue weighted by atomic mass is 32.2. The number of benzene rings is 1. The number of methoxy groups -OCH3 is 1. The fourth-order valence-electron chi connectivity index (χ4n) is 1.62. The Hall–Kier alpha value is -1.64. The number of nitrogens with one attached hydrogen (secondary N) is 1. The summed E-state index contributed by atoms with van der Waals surface area (Å²) in [5.41, 5.74) is 5.31. The van der Waals surface area contributed by atoms with Crippen molar-refractivity contribution in [3.63, 3.8) is 0 Å². The zero-order chi connectivity index (χ0) is 15.3. The average Bonchev–Trinajstić information content (AvgIpc) is 2.36. The second-order valence-electron chi connectivity index (χ2n) is 4.47. The fourth-order valence-corrected chi connectivity index (χ4v) is 2.96. The van der Waals surface area contributed by atoms with Gasteiger partial charge in [0, 0.05) is 25.9 Å². The number of carbonyl (C=O) groups is 1. The minimum atomic E-state index is -3.91. The first-order valence-corrected chi connectivity index (χ1v) is 7.37. The molecule has 7 nitrogen and oxygen atoms in total. The van der Waals surface area contributed by atoms with Crippen molar-refractivity contribution in [2.45, 2.75) is 11.8 Å². The third-order valence-corrected chi connectivity index (χ3v) is 4.08. The largest absolute Gasteiger partial charge is 0.478 e. The first-order chi connectivity index (χ1) is 9.27. The Labute approximate surface area is 117 Å². The van der Waals surface area contributed by atoms with Gasteiger partial charge in [0.25, 0.3) is 0 Å². The standard InChI is InChI=1S/C12H18N2O5S/c1-8(7-19-2)6-14-20(17,18)11-4-3-9(13)5-10(11)12(15)16/h3-5,8,14H,6-7,13H2,1-2H3,(H,15,16). The van der Waals surface area contributed by atoms with Gasteiger partial charge in [0.1, 0.15) is 0 Å². The topological polar surface area (TPSA) is 119 Å². The number of carboxylic acids is 1. The van der Waals surface area contributed by atoms with Gasteiger partial charge >= 0.3 is 5.97 Å². The molecule has 0 aliphatic carbocycles. The van der Waals surface area contributed by atoms with E-state index in [0.29, 0.717) is 6.61 Å². The number of nitrogens with two attached hydrogens (primary N) is 1. The van der Waals surface area contributed by atoms with Crippen LogP contribution < -0.4 is 10.5 Å². The summed E-state index contributed by atoms with van der Waals surface area (Å²) in [6.07, 6.45) is 0. The van der Waals surface area contributed by atoms with Crippen LogP contribution in [0.15, 0.2) is 23.1 Å². The van der Waals surface area contributed by atoms with Gasteiger partial charge in [-0.1, -0.05) is 6.92 Å². The molecular formula is C12H18N2O5S. The van der Waals surface area contributed by atoms with Crippen molar-refractivity contribution in [1.82, 2.24) is 4.72 Å². The molecule has 8 heteroatoms. The Morgan fingerprint density at radius 3 is 2.70 bits per heavy atom. The number of anilines is 1. The molecule has 1 unspecified atom stereocenters. The second kappa shape index (κ2) is 6.69. The number of nitrogen functional groups attached to an aromatic ring is 1. The summed E-state index contributed by atoms with van der Waals surface area (Å²) < 4.78 is 31.5. The summed E-state index contributed by atoms with van der Waals surface area (Å²) in [6, 6.07) is 3.65. The van der Waals surface area contributed by atoms with Crippen LogP contribution in [0, 0.1) is 5.92 Å². The Morgan fingerprint density at radius 1 is 1.50 bits per heavy atom. The van der Waals surface area contributed by atoms with Crippen LogP contribution in [-0.2, 0) is 14.8 Å². The Morgan fingerprint density at radius 2 is 2.15 bits per heavy atom. The van der Waals surface area contributed by atoms with Gasteiger partial charge in [0.2, 0.25) is 10.0 Å². The number of carboxylic acid groups (broad SMARTS) is 1. The van der Waals surface area contributed by atoms with Gasteiger partial charge in [-0.15, -0.1) is 0 Å². The van der Waals surface area contributed by atoms with Crippen LogP contribution in [0.2, 0.25) is 0 Å². The fraction of sp³-hybridized carbons (Fsp3) is 0.417. The molecule has 0 saturated heterocycles. The summed E-state index contributed by atoms with van der Waals surface area (Å²) in [7, 11) is -2.39. The minimum absolute atomic E-state index is 0.0307. The third-order valence-electron chi connectivity index (χ3n) is 2.60. The Balaban J connectivity index is 3.01. The van der Waals surface area contributed by atoms with Crippen LogP contribution in [0.4, 0.5) is 5.69 Å². The van der Waals surface area contributed by atoms with E-state index in [1.807, 2.05) is 6.92 Å². The van der Waals surface area contributed by atoms with Gasteiger partial charge < -0.3 is 15.6 Å². The number of hydrogen-bond acceptors (Lipinski definition) is 5. The zero-order valence-corrected chi connectivity index (χ0v) is 12.1. The zero-order valence-electron chi connectivity index (χ0n) is 11.3. The molecule has 1 aromatic rings. The van der Waals surface area contributed by atoms with Crippen molar-refractivity contribution in [3.8, 4) is 0 Å². The first kappa shape index (κ1) is 16.4. The van der Waals surface area contributed by atoms with Crippen LogP contribution >= 0.6 is 0 Å². The molecule has 0 radical (unpaired) electrons. The molecule has 0 bridgehead atoms. The lowest BCUT2D eigenvalue weighted by atomic mass is 10.2. The molecule has 0 fully saturated rings. The summed E-state index contributed by atoms with van der Waals surface area (Å²) in [5, 5.41) is 9.05. The SMILES string of the molecule is COCC(C)CNS(=O)(=O)c1ccc(N)cc1C(=O)O. The molecule has 0 aliphatic rings. The third kappa shape index (κ3) is 4.19. The number of hydrogen-bond donors (Lipinski definition) is 3. The van der Waals surface area contributed by atoms with E-state index in [1.54, 1.807) is 0 Å². The summed E-state index contributed by atoms with van der Waals surface area (Å²) in [5.74, 6) is -1.38. The van der Waals surface area contributed by atoms with Crippen molar-refractivity contribution >= 4 is 21.7 Å². The van der Waals surface area contributed by atoms with E-state index in [2.05, 4.69) is 4.72 Å². The van der Waals surface area contributed by atoms with E-state index in [-0.39, 0.29) is 28.6 Å². The van der Waals surface area contributed by atoms with E-state index in [4.69, 9.17) is 15.6 Å². The predicted octanol–water partition coefficient (Wildman–Crippen LogP) is 0.528. The lowest BCUT2D eigenvalue weighted by Gasteiger charge is -2.13. The maximum Gasteiger partial charge on any atom is 0.337 e. The molecule has 1 rings (SSSR count). The van der Waals surface area contributed by atoms with Crippen molar-refractivity contribution in [2.75, 3.05) is 26.0 Å². The average molecular weight is 302 g/mol. The second-order valence-corrected chi connectivity index (χ2v) is 6.21. The maximum atomic E-state index is 12.1. The molecule has 0 spiro atoms. The van der Waals surface area contributed by atoms with E-state index >= 15 is 0 Å². The van der Waals surface area contributed by atoms with Crippen LogP contribution in [-0.4, -0.2) is 39.8 Å². The van der Waals surface area contributed by atoms with Gasteiger partial charge in [-0.05, 0) is 24.1 Å². The summed E-state index contributed by atoms with van der Waals surface area (Å²) >= 11 is 0. The number of aromatic carboxylic acids is 1. The molecule has 0 aromatic heterocycles. The van der Waals surface area contributed by atoms with Gasteiger partial charge in [0.05, 0.1) is 10.5 Å². The molecule has 4 N–H and O–H groups in total. The van der Waals surface area contributed by atoms with Gasteiger partial charge in [-0.25, -0.2) is 17.9 Å².